The zero-order valence-electron chi connectivity index (χ0n) is 20.8. The maximum atomic E-state index is 13.1. The SMILES string of the molecule is CC(C)Oc1ccc(Br)c(CC2CCN(CC3CCN(C4CCCCC4)C(=O)N3C)CC2)c1. The molecule has 3 aliphatic rings. The van der Waals surface area contributed by atoms with E-state index in [1.807, 2.05) is 18.0 Å². The molecule has 2 saturated heterocycles. The molecule has 33 heavy (non-hydrogen) atoms. The zero-order chi connectivity index (χ0) is 23.4. The molecular formula is C27H42BrN3O2. The maximum absolute atomic E-state index is 13.1. The van der Waals surface area contributed by atoms with Crippen molar-refractivity contribution in [3.05, 3.63) is 28.2 Å². The van der Waals surface area contributed by atoms with Crippen LogP contribution in [0.1, 0.15) is 70.8 Å². The molecule has 4 rings (SSSR count). The fourth-order valence-corrected chi connectivity index (χ4v) is 6.33. The summed E-state index contributed by atoms with van der Waals surface area (Å²) in [7, 11) is 2.03. The molecule has 6 heteroatoms. The Morgan fingerprint density at radius 2 is 1.76 bits per heavy atom. The van der Waals surface area contributed by atoms with E-state index in [-0.39, 0.29) is 12.1 Å². The van der Waals surface area contributed by atoms with E-state index >= 15 is 0 Å². The summed E-state index contributed by atoms with van der Waals surface area (Å²) in [5.74, 6) is 1.67. The number of piperidine rings is 1. The second-order valence-corrected chi connectivity index (χ2v) is 11.5. The quantitative estimate of drug-likeness (QED) is 0.446. The summed E-state index contributed by atoms with van der Waals surface area (Å²) in [5, 5.41) is 0. The standard InChI is InChI=1S/C27H42BrN3O2/c1-20(2)33-25-9-10-26(28)22(18-25)17-21-11-14-30(15-12-21)19-24-13-16-31(27(32)29(24)3)23-7-5-4-6-8-23/h9-10,18,20-21,23-24H,4-8,11-17,19H2,1-3H3. The van der Waals surface area contributed by atoms with Crippen LogP contribution in [0, 0.1) is 5.92 Å². The lowest BCUT2D eigenvalue weighted by Crippen LogP contribution is -2.58. The predicted octanol–water partition coefficient (Wildman–Crippen LogP) is 5.95. The Bertz CT molecular complexity index is 788. The lowest BCUT2D eigenvalue weighted by molar-refractivity contribution is 0.0611. The molecule has 1 atom stereocenters. The first-order chi connectivity index (χ1) is 15.9. The predicted molar refractivity (Wildman–Crippen MR) is 138 cm³/mol. The van der Waals surface area contributed by atoms with E-state index in [1.54, 1.807) is 0 Å². The van der Waals surface area contributed by atoms with Crippen molar-refractivity contribution in [3.8, 4) is 5.75 Å². The van der Waals surface area contributed by atoms with Gasteiger partial charge in [0.05, 0.1) is 6.10 Å². The van der Waals surface area contributed by atoms with Gasteiger partial charge < -0.3 is 19.4 Å². The van der Waals surface area contributed by atoms with Crippen molar-refractivity contribution >= 4 is 22.0 Å². The molecular weight excluding hydrogens is 478 g/mol. The van der Waals surface area contributed by atoms with Crippen molar-refractivity contribution in [2.75, 3.05) is 33.2 Å². The molecule has 0 aromatic heterocycles. The van der Waals surface area contributed by atoms with Crippen LogP contribution in [0.4, 0.5) is 4.79 Å². The maximum Gasteiger partial charge on any atom is 0.320 e. The van der Waals surface area contributed by atoms with E-state index in [2.05, 4.69) is 51.7 Å². The van der Waals surface area contributed by atoms with Gasteiger partial charge in [0.1, 0.15) is 5.75 Å². The minimum atomic E-state index is 0.196. The van der Waals surface area contributed by atoms with Gasteiger partial charge in [-0.1, -0.05) is 35.2 Å². The van der Waals surface area contributed by atoms with Gasteiger partial charge in [-0.15, -0.1) is 0 Å². The van der Waals surface area contributed by atoms with Gasteiger partial charge in [0.15, 0.2) is 0 Å². The van der Waals surface area contributed by atoms with Crippen LogP contribution in [0.15, 0.2) is 22.7 Å². The summed E-state index contributed by atoms with van der Waals surface area (Å²) in [5.41, 5.74) is 1.35. The zero-order valence-corrected chi connectivity index (χ0v) is 22.4. The van der Waals surface area contributed by atoms with Gasteiger partial charge in [-0.3, -0.25) is 0 Å². The van der Waals surface area contributed by atoms with Crippen LogP contribution in [-0.2, 0) is 6.42 Å². The second kappa shape index (κ2) is 11.4. The molecule has 1 aliphatic carbocycles. The van der Waals surface area contributed by atoms with Crippen LogP contribution in [0.3, 0.4) is 0 Å². The van der Waals surface area contributed by atoms with E-state index in [4.69, 9.17) is 4.74 Å². The Hall–Kier alpha value is -1.27. The Kier molecular flexibility index (Phi) is 8.61. The van der Waals surface area contributed by atoms with E-state index in [1.165, 1.54) is 55.0 Å². The lowest BCUT2D eigenvalue weighted by atomic mass is 9.89. The fourth-order valence-electron chi connectivity index (χ4n) is 5.92. The highest BCUT2D eigenvalue weighted by molar-refractivity contribution is 9.10. The number of benzene rings is 1. The summed E-state index contributed by atoms with van der Waals surface area (Å²) in [4.78, 5) is 19.9. The fraction of sp³-hybridized carbons (Fsp3) is 0.741. The molecule has 1 aromatic carbocycles. The summed E-state index contributed by atoms with van der Waals surface area (Å²) >= 11 is 3.74. The molecule has 2 amide bonds. The van der Waals surface area contributed by atoms with Crippen molar-refractivity contribution < 1.29 is 9.53 Å². The number of nitrogens with zero attached hydrogens (tertiary/aromatic N) is 3. The van der Waals surface area contributed by atoms with Crippen LogP contribution in [0.25, 0.3) is 0 Å². The van der Waals surface area contributed by atoms with Crippen molar-refractivity contribution in [2.45, 2.75) is 89.8 Å². The van der Waals surface area contributed by atoms with Crippen LogP contribution in [-0.4, -0.2) is 72.1 Å². The molecule has 2 heterocycles. The van der Waals surface area contributed by atoms with Gasteiger partial charge in [0, 0.05) is 36.7 Å². The van der Waals surface area contributed by atoms with Gasteiger partial charge in [-0.05, 0) is 95.1 Å². The smallest absolute Gasteiger partial charge is 0.320 e. The van der Waals surface area contributed by atoms with E-state index in [9.17, 15) is 4.79 Å². The van der Waals surface area contributed by atoms with E-state index < -0.39 is 0 Å². The van der Waals surface area contributed by atoms with Crippen molar-refractivity contribution in [3.63, 3.8) is 0 Å². The number of hydrogen-bond acceptors (Lipinski definition) is 3. The number of carbonyl (C=O) groups excluding carboxylic acids is 1. The van der Waals surface area contributed by atoms with Gasteiger partial charge >= 0.3 is 6.03 Å². The number of amides is 2. The van der Waals surface area contributed by atoms with Crippen molar-refractivity contribution in [1.29, 1.82) is 0 Å². The summed E-state index contributed by atoms with van der Waals surface area (Å²) in [6, 6.07) is 7.47. The Balaban J connectivity index is 1.25. The highest BCUT2D eigenvalue weighted by atomic mass is 79.9. The molecule has 0 spiro atoms. The highest BCUT2D eigenvalue weighted by Crippen LogP contribution is 2.30. The number of rotatable bonds is 7. The lowest BCUT2D eigenvalue weighted by Gasteiger charge is -2.45. The Labute approximate surface area is 208 Å². The van der Waals surface area contributed by atoms with E-state index in [0.29, 0.717) is 18.0 Å². The molecule has 2 aliphatic heterocycles. The van der Waals surface area contributed by atoms with Crippen LogP contribution < -0.4 is 4.74 Å². The number of carbonyl (C=O) groups is 1. The van der Waals surface area contributed by atoms with Crippen molar-refractivity contribution in [1.82, 2.24) is 14.7 Å². The Morgan fingerprint density at radius 1 is 1.03 bits per heavy atom. The third kappa shape index (κ3) is 6.45. The largest absolute Gasteiger partial charge is 0.491 e. The first kappa shape index (κ1) is 24.8. The minimum absolute atomic E-state index is 0.196. The van der Waals surface area contributed by atoms with Gasteiger partial charge in [0.2, 0.25) is 0 Å². The first-order valence-corrected chi connectivity index (χ1v) is 13.9. The normalized spacial score (nSPS) is 24.0. The molecule has 1 saturated carbocycles. The van der Waals surface area contributed by atoms with E-state index in [0.717, 1.165) is 44.8 Å². The molecule has 5 nitrogen and oxygen atoms in total. The van der Waals surface area contributed by atoms with Crippen molar-refractivity contribution in [2.24, 2.45) is 5.92 Å². The first-order valence-electron chi connectivity index (χ1n) is 13.1. The topological polar surface area (TPSA) is 36.0 Å². The van der Waals surface area contributed by atoms with Crippen LogP contribution in [0.5, 0.6) is 5.75 Å². The number of halogens is 1. The summed E-state index contributed by atoms with van der Waals surface area (Å²) in [6.45, 7) is 8.38. The third-order valence-corrected chi connectivity index (χ3v) is 8.66. The third-order valence-electron chi connectivity index (χ3n) is 7.89. The minimum Gasteiger partial charge on any atom is -0.491 e. The summed E-state index contributed by atoms with van der Waals surface area (Å²) in [6.07, 6.45) is 11.1. The number of likely N-dealkylation sites (N-methyl/N-ethyl adjacent to an activating group) is 1. The van der Waals surface area contributed by atoms with Crippen LogP contribution in [0.2, 0.25) is 0 Å². The number of urea groups is 1. The molecule has 0 N–H and O–H groups in total. The average molecular weight is 521 g/mol. The Morgan fingerprint density at radius 3 is 2.45 bits per heavy atom. The molecule has 3 fully saturated rings. The van der Waals surface area contributed by atoms with Gasteiger partial charge in [-0.2, -0.15) is 0 Å². The second-order valence-electron chi connectivity index (χ2n) is 10.7. The molecule has 0 radical (unpaired) electrons. The summed E-state index contributed by atoms with van der Waals surface area (Å²) < 4.78 is 7.09. The van der Waals surface area contributed by atoms with Gasteiger partial charge in [0.25, 0.3) is 0 Å². The molecule has 1 aromatic rings. The highest BCUT2D eigenvalue weighted by Gasteiger charge is 2.36. The number of ether oxygens (including phenoxy) is 1. The number of likely N-dealkylation sites (tertiary alicyclic amines) is 1. The molecule has 1 unspecified atom stereocenters. The molecule has 0 bridgehead atoms. The average Bonchev–Trinajstić information content (AvgIpc) is 2.81. The van der Waals surface area contributed by atoms with Gasteiger partial charge in [-0.25, -0.2) is 4.79 Å². The molecule has 184 valence electrons. The van der Waals surface area contributed by atoms with Crippen LogP contribution >= 0.6 is 15.9 Å². The monoisotopic (exact) mass is 519 g/mol. The number of hydrogen-bond donors (Lipinski definition) is 0.